The molecule has 0 unspecified atom stereocenters. The van der Waals surface area contributed by atoms with Crippen LogP contribution in [-0.2, 0) is 11.3 Å². The van der Waals surface area contributed by atoms with Crippen molar-refractivity contribution in [1.29, 1.82) is 0 Å². The van der Waals surface area contributed by atoms with Gasteiger partial charge < -0.3 is 19.9 Å². The fourth-order valence-corrected chi connectivity index (χ4v) is 3.35. The first-order valence-electron chi connectivity index (χ1n) is 9.42. The van der Waals surface area contributed by atoms with Gasteiger partial charge in [0.1, 0.15) is 11.6 Å². The van der Waals surface area contributed by atoms with Crippen molar-refractivity contribution in [2.24, 2.45) is 0 Å². The largest absolute Gasteiger partial charge is 0.477 e. The number of hydrogen-bond donors (Lipinski definition) is 2. The van der Waals surface area contributed by atoms with Gasteiger partial charge in [0.25, 0.3) is 11.5 Å². The standard InChI is InChI=1S/C21H22N4O3/c1-2-11-22-21(27)18-12-25(16-9-5-6-10-17(16)28-18)13-19-23-15-8-4-3-7-14(15)20(26)24-19/h3-10,18H,2,11-13H2,1H3,(H,22,27)(H,23,24,26)/t18-/m0/s1. The molecule has 144 valence electrons. The first kappa shape index (κ1) is 18.0. The van der Waals surface area contributed by atoms with Gasteiger partial charge in [-0.2, -0.15) is 0 Å². The molecule has 1 amide bonds. The summed E-state index contributed by atoms with van der Waals surface area (Å²) in [5.41, 5.74) is 1.36. The summed E-state index contributed by atoms with van der Waals surface area (Å²) in [6.07, 6.45) is 0.245. The fourth-order valence-electron chi connectivity index (χ4n) is 3.35. The number of aromatic amines is 1. The van der Waals surface area contributed by atoms with Crippen molar-refractivity contribution in [2.45, 2.75) is 26.0 Å². The van der Waals surface area contributed by atoms with E-state index in [0.29, 0.717) is 42.1 Å². The molecule has 7 nitrogen and oxygen atoms in total. The molecular formula is C21H22N4O3. The molecule has 0 fully saturated rings. The fraction of sp³-hybridized carbons (Fsp3) is 0.286. The van der Waals surface area contributed by atoms with Gasteiger partial charge in [0.05, 0.1) is 29.7 Å². The zero-order valence-electron chi connectivity index (χ0n) is 15.6. The second-order valence-corrected chi connectivity index (χ2v) is 6.78. The number of aromatic nitrogens is 2. The van der Waals surface area contributed by atoms with Crippen LogP contribution in [0.25, 0.3) is 10.9 Å². The Hall–Kier alpha value is -3.35. The third kappa shape index (κ3) is 3.55. The van der Waals surface area contributed by atoms with Crippen molar-refractivity contribution in [2.75, 3.05) is 18.0 Å². The Morgan fingerprint density at radius 1 is 1.25 bits per heavy atom. The van der Waals surface area contributed by atoms with Crippen LogP contribution in [0.5, 0.6) is 5.75 Å². The van der Waals surface area contributed by atoms with Crippen LogP contribution in [0.3, 0.4) is 0 Å². The minimum absolute atomic E-state index is 0.138. The highest BCUT2D eigenvalue weighted by Crippen LogP contribution is 2.33. The number of hydrogen-bond acceptors (Lipinski definition) is 5. The average molecular weight is 378 g/mol. The Balaban J connectivity index is 1.64. The highest BCUT2D eigenvalue weighted by atomic mass is 16.5. The average Bonchev–Trinajstić information content (AvgIpc) is 2.72. The number of amides is 1. The highest BCUT2D eigenvalue weighted by Gasteiger charge is 2.30. The summed E-state index contributed by atoms with van der Waals surface area (Å²) in [5.74, 6) is 1.06. The van der Waals surface area contributed by atoms with Crippen molar-refractivity contribution < 1.29 is 9.53 Å². The van der Waals surface area contributed by atoms with Crippen molar-refractivity contribution in [3.8, 4) is 5.75 Å². The smallest absolute Gasteiger partial charge is 0.262 e. The number of benzene rings is 2. The lowest BCUT2D eigenvalue weighted by Crippen LogP contribution is -2.49. The predicted octanol–water partition coefficient (Wildman–Crippen LogP) is 2.22. The van der Waals surface area contributed by atoms with Gasteiger partial charge in [-0.15, -0.1) is 0 Å². The lowest BCUT2D eigenvalue weighted by atomic mass is 10.1. The molecule has 0 saturated heterocycles. The first-order valence-corrected chi connectivity index (χ1v) is 9.42. The van der Waals surface area contributed by atoms with Gasteiger partial charge in [0.2, 0.25) is 0 Å². The number of anilines is 1. The molecule has 0 saturated carbocycles. The SMILES string of the molecule is CCCNC(=O)[C@@H]1CN(Cc2nc3ccccc3c(=O)[nH]2)c2ccccc2O1. The van der Waals surface area contributed by atoms with Crippen molar-refractivity contribution in [3.05, 3.63) is 64.7 Å². The highest BCUT2D eigenvalue weighted by molar-refractivity contribution is 5.83. The minimum atomic E-state index is -0.617. The molecule has 2 aromatic carbocycles. The number of rotatable bonds is 5. The number of nitrogens with zero attached hydrogens (tertiary/aromatic N) is 2. The Kier molecular flexibility index (Phi) is 4.97. The molecule has 28 heavy (non-hydrogen) atoms. The van der Waals surface area contributed by atoms with Crippen LogP contribution < -0.4 is 20.5 Å². The maximum Gasteiger partial charge on any atom is 0.262 e. The Morgan fingerprint density at radius 3 is 2.89 bits per heavy atom. The Labute approximate surface area is 162 Å². The molecule has 0 aliphatic carbocycles. The number of carbonyl (C=O) groups excluding carboxylic acids is 1. The van der Waals surface area contributed by atoms with Crippen LogP contribution in [0.1, 0.15) is 19.2 Å². The van der Waals surface area contributed by atoms with Gasteiger partial charge in [-0.05, 0) is 30.7 Å². The van der Waals surface area contributed by atoms with Gasteiger partial charge in [-0.1, -0.05) is 31.2 Å². The normalized spacial score (nSPS) is 15.8. The second kappa shape index (κ2) is 7.72. The van der Waals surface area contributed by atoms with Gasteiger partial charge in [0.15, 0.2) is 6.10 Å². The lowest BCUT2D eigenvalue weighted by molar-refractivity contribution is -0.127. The molecule has 3 aromatic rings. The zero-order chi connectivity index (χ0) is 19.5. The number of carbonyl (C=O) groups is 1. The van der Waals surface area contributed by atoms with E-state index in [1.54, 1.807) is 6.07 Å². The van der Waals surface area contributed by atoms with Gasteiger partial charge in [-0.3, -0.25) is 9.59 Å². The van der Waals surface area contributed by atoms with Gasteiger partial charge in [0, 0.05) is 6.54 Å². The lowest BCUT2D eigenvalue weighted by Gasteiger charge is -2.35. The molecule has 1 aliphatic heterocycles. The third-order valence-electron chi connectivity index (χ3n) is 4.71. The number of ether oxygens (including phenoxy) is 1. The van der Waals surface area contributed by atoms with E-state index in [2.05, 4.69) is 15.3 Å². The number of nitrogens with one attached hydrogen (secondary N) is 2. The van der Waals surface area contributed by atoms with Crippen LogP contribution in [0.4, 0.5) is 5.69 Å². The molecule has 0 bridgehead atoms. The summed E-state index contributed by atoms with van der Waals surface area (Å²) in [5, 5.41) is 3.45. The van der Waals surface area contributed by atoms with Gasteiger partial charge in [-0.25, -0.2) is 4.98 Å². The van der Waals surface area contributed by atoms with Crippen molar-refractivity contribution >= 4 is 22.5 Å². The Bertz CT molecular complexity index is 1060. The van der Waals surface area contributed by atoms with E-state index >= 15 is 0 Å². The van der Waals surface area contributed by atoms with E-state index in [-0.39, 0.29) is 11.5 Å². The van der Waals surface area contributed by atoms with Crippen LogP contribution in [0.2, 0.25) is 0 Å². The molecule has 0 spiro atoms. The maximum atomic E-state index is 12.5. The minimum Gasteiger partial charge on any atom is -0.477 e. The number of fused-ring (bicyclic) bond motifs is 2. The van der Waals surface area contributed by atoms with Crippen molar-refractivity contribution in [1.82, 2.24) is 15.3 Å². The Morgan fingerprint density at radius 2 is 2.04 bits per heavy atom. The van der Waals surface area contributed by atoms with Gasteiger partial charge >= 0.3 is 0 Å². The molecule has 0 radical (unpaired) electrons. The van der Waals surface area contributed by atoms with E-state index in [1.165, 1.54) is 0 Å². The summed E-state index contributed by atoms with van der Waals surface area (Å²) in [6.45, 7) is 3.37. The first-order chi connectivity index (χ1) is 13.7. The predicted molar refractivity (Wildman–Crippen MR) is 108 cm³/mol. The molecule has 1 aromatic heterocycles. The van der Waals surface area contributed by atoms with Crippen molar-refractivity contribution in [3.63, 3.8) is 0 Å². The van der Waals surface area contributed by atoms with Crippen LogP contribution >= 0.6 is 0 Å². The quantitative estimate of drug-likeness (QED) is 0.711. The zero-order valence-corrected chi connectivity index (χ0v) is 15.6. The molecule has 2 N–H and O–H groups in total. The monoisotopic (exact) mass is 378 g/mol. The van der Waals surface area contributed by atoms with Crippen LogP contribution in [0.15, 0.2) is 53.3 Å². The van der Waals surface area contributed by atoms with Crippen LogP contribution in [0, 0.1) is 0 Å². The molecule has 4 rings (SSSR count). The van der Waals surface area contributed by atoms with E-state index < -0.39 is 6.10 Å². The van der Waals surface area contributed by atoms with E-state index in [1.807, 2.05) is 54.3 Å². The van der Waals surface area contributed by atoms with E-state index in [4.69, 9.17) is 4.74 Å². The summed E-state index contributed by atoms with van der Waals surface area (Å²) in [6, 6.07) is 14.8. The number of H-pyrrole nitrogens is 1. The molecule has 1 aliphatic rings. The van der Waals surface area contributed by atoms with E-state index in [9.17, 15) is 9.59 Å². The molecule has 2 heterocycles. The number of para-hydroxylation sites is 3. The molecule has 1 atom stereocenters. The van der Waals surface area contributed by atoms with Crippen LogP contribution in [-0.4, -0.2) is 35.1 Å². The van der Waals surface area contributed by atoms with E-state index in [0.717, 1.165) is 12.1 Å². The summed E-state index contributed by atoms with van der Waals surface area (Å²) < 4.78 is 5.91. The molecular weight excluding hydrogens is 356 g/mol. The summed E-state index contributed by atoms with van der Waals surface area (Å²) in [7, 11) is 0. The summed E-state index contributed by atoms with van der Waals surface area (Å²) >= 11 is 0. The molecule has 7 heteroatoms. The topological polar surface area (TPSA) is 87.3 Å². The third-order valence-corrected chi connectivity index (χ3v) is 4.71. The summed E-state index contributed by atoms with van der Waals surface area (Å²) in [4.78, 5) is 34.3. The maximum absolute atomic E-state index is 12.5. The second-order valence-electron chi connectivity index (χ2n) is 6.78.